The number of primary amides is 1. The second-order valence-corrected chi connectivity index (χ2v) is 3.90. The van der Waals surface area contributed by atoms with Crippen molar-refractivity contribution in [3.05, 3.63) is 29.6 Å². The van der Waals surface area contributed by atoms with E-state index in [0.717, 1.165) is 0 Å². The van der Waals surface area contributed by atoms with Crippen molar-refractivity contribution in [3.8, 4) is 5.75 Å². The van der Waals surface area contributed by atoms with Crippen LogP contribution < -0.4 is 21.1 Å². The third-order valence-electron chi connectivity index (χ3n) is 2.31. The van der Waals surface area contributed by atoms with E-state index >= 15 is 0 Å². The number of nitrogens with one attached hydrogen (secondary N) is 2. The predicted molar refractivity (Wildman–Crippen MR) is 67.0 cm³/mol. The minimum absolute atomic E-state index is 0.364. The molecule has 1 atom stereocenters. The van der Waals surface area contributed by atoms with Gasteiger partial charge in [0, 0.05) is 12.1 Å². The molecule has 6 nitrogen and oxygen atoms in total. The van der Waals surface area contributed by atoms with Crippen LogP contribution in [0.25, 0.3) is 0 Å². The Balaban J connectivity index is 2.80. The summed E-state index contributed by atoms with van der Waals surface area (Å²) in [5.74, 6) is -0.693. The number of halogens is 1. The third-order valence-corrected chi connectivity index (χ3v) is 2.31. The van der Waals surface area contributed by atoms with Crippen molar-refractivity contribution < 1.29 is 18.7 Å². The van der Waals surface area contributed by atoms with Crippen LogP contribution in [0.15, 0.2) is 18.2 Å². The summed E-state index contributed by atoms with van der Waals surface area (Å²) >= 11 is 0. The van der Waals surface area contributed by atoms with Crippen LogP contribution in [-0.2, 0) is 11.3 Å². The van der Waals surface area contributed by atoms with Crippen LogP contribution in [0.3, 0.4) is 0 Å². The second-order valence-electron chi connectivity index (χ2n) is 3.90. The quantitative estimate of drug-likeness (QED) is 0.726. The van der Waals surface area contributed by atoms with E-state index in [1.807, 2.05) is 5.32 Å². The van der Waals surface area contributed by atoms with Crippen molar-refractivity contribution in [2.45, 2.75) is 19.6 Å². The van der Waals surface area contributed by atoms with Crippen molar-refractivity contribution in [1.82, 2.24) is 10.6 Å². The zero-order valence-electron chi connectivity index (χ0n) is 10.7. The number of ether oxygens (including phenoxy) is 1. The molecule has 0 aliphatic rings. The molecule has 0 aliphatic heterocycles. The Kier molecular flexibility index (Phi) is 5.25. The van der Waals surface area contributed by atoms with E-state index in [0.29, 0.717) is 17.9 Å². The van der Waals surface area contributed by atoms with Gasteiger partial charge in [0.05, 0.1) is 0 Å². The van der Waals surface area contributed by atoms with Crippen LogP contribution >= 0.6 is 0 Å². The zero-order valence-corrected chi connectivity index (χ0v) is 10.7. The highest BCUT2D eigenvalue weighted by Crippen LogP contribution is 2.20. The van der Waals surface area contributed by atoms with Gasteiger partial charge in [-0.05, 0) is 32.2 Å². The molecule has 1 aromatic rings. The molecule has 0 saturated heterocycles. The zero-order chi connectivity index (χ0) is 14.4. The van der Waals surface area contributed by atoms with Gasteiger partial charge in [0.25, 0.3) is 5.91 Å². The molecule has 1 aromatic carbocycles. The fourth-order valence-electron chi connectivity index (χ4n) is 1.46. The number of carbonyl (C=O) groups is 2. The Morgan fingerprint density at radius 1 is 1.47 bits per heavy atom. The number of benzene rings is 1. The van der Waals surface area contributed by atoms with Gasteiger partial charge in [0.15, 0.2) is 6.10 Å². The highest BCUT2D eigenvalue weighted by molar-refractivity contribution is 5.95. The number of carbonyl (C=O) groups excluding carboxylic acids is 2. The first-order valence-electron chi connectivity index (χ1n) is 5.64. The molecule has 1 rings (SSSR count). The molecule has 104 valence electrons. The van der Waals surface area contributed by atoms with E-state index < -0.39 is 23.9 Å². The summed E-state index contributed by atoms with van der Waals surface area (Å²) in [4.78, 5) is 22.0. The van der Waals surface area contributed by atoms with Gasteiger partial charge in [-0.1, -0.05) is 0 Å². The van der Waals surface area contributed by atoms with Crippen LogP contribution in [0, 0.1) is 5.82 Å². The molecule has 0 saturated carbocycles. The maximum Gasteiger partial charge on any atom is 0.318 e. The van der Waals surface area contributed by atoms with Crippen LogP contribution in [-0.4, -0.2) is 25.1 Å². The van der Waals surface area contributed by atoms with Gasteiger partial charge < -0.3 is 15.8 Å². The second kappa shape index (κ2) is 6.69. The highest BCUT2D eigenvalue weighted by Gasteiger charge is 2.17. The summed E-state index contributed by atoms with van der Waals surface area (Å²) in [5, 5.41) is 4.78. The molecular formula is C12H16FN3O3. The normalized spacial score (nSPS) is 11.7. The Hall–Kier alpha value is -2.15. The number of hydrogen-bond donors (Lipinski definition) is 3. The van der Waals surface area contributed by atoms with Gasteiger partial charge in [-0.2, -0.15) is 0 Å². The predicted octanol–water partition coefficient (Wildman–Crippen LogP) is 0.507. The van der Waals surface area contributed by atoms with Crippen LogP contribution in [0.4, 0.5) is 9.18 Å². The van der Waals surface area contributed by atoms with E-state index in [4.69, 9.17) is 10.5 Å². The fraction of sp³-hybridized carbons (Fsp3) is 0.333. The molecule has 0 radical (unpaired) electrons. The lowest BCUT2D eigenvalue weighted by molar-refractivity contribution is -0.126. The topological polar surface area (TPSA) is 93.4 Å². The number of urea groups is 1. The summed E-state index contributed by atoms with van der Waals surface area (Å²) in [5.41, 5.74) is 5.41. The molecule has 0 bridgehead atoms. The van der Waals surface area contributed by atoms with Gasteiger partial charge >= 0.3 is 6.03 Å². The summed E-state index contributed by atoms with van der Waals surface area (Å²) in [6.07, 6.45) is -0.923. The third kappa shape index (κ3) is 4.55. The summed E-state index contributed by atoms with van der Waals surface area (Å²) < 4.78 is 18.5. The molecule has 0 aromatic heterocycles. The number of amides is 3. The van der Waals surface area contributed by atoms with Gasteiger partial charge in [0.1, 0.15) is 11.6 Å². The van der Waals surface area contributed by atoms with Crippen LogP contribution in [0.1, 0.15) is 12.5 Å². The smallest absolute Gasteiger partial charge is 0.318 e. The van der Waals surface area contributed by atoms with Crippen molar-refractivity contribution >= 4 is 11.9 Å². The Morgan fingerprint density at radius 2 is 2.16 bits per heavy atom. The lowest BCUT2D eigenvalue weighted by Gasteiger charge is -2.16. The summed E-state index contributed by atoms with van der Waals surface area (Å²) in [6.45, 7) is 1.85. The van der Waals surface area contributed by atoms with Crippen LogP contribution in [0.5, 0.6) is 5.75 Å². The number of nitrogens with two attached hydrogens (primary N) is 1. The van der Waals surface area contributed by atoms with E-state index in [1.165, 1.54) is 25.1 Å². The molecular weight excluding hydrogens is 253 g/mol. The van der Waals surface area contributed by atoms with Crippen LogP contribution in [0.2, 0.25) is 0 Å². The Morgan fingerprint density at radius 3 is 2.74 bits per heavy atom. The molecule has 7 heteroatoms. The first-order chi connectivity index (χ1) is 8.93. The number of rotatable bonds is 5. The van der Waals surface area contributed by atoms with E-state index in [-0.39, 0.29) is 0 Å². The first-order valence-corrected chi connectivity index (χ1v) is 5.64. The van der Waals surface area contributed by atoms with Crippen molar-refractivity contribution in [3.63, 3.8) is 0 Å². The fourth-order valence-corrected chi connectivity index (χ4v) is 1.46. The maximum absolute atomic E-state index is 13.1. The van der Waals surface area contributed by atoms with E-state index in [1.54, 1.807) is 7.05 Å². The largest absolute Gasteiger partial charge is 0.481 e. The SMILES string of the molecule is CNCc1cc(F)ccc1OC(C)C(=O)NC(N)=O. The first kappa shape index (κ1) is 14.9. The van der Waals surface area contributed by atoms with Crippen molar-refractivity contribution in [1.29, 1.82) is 0 Å². The van der Waals surface area contributed by atoms with Crippen molar-refractivity contribution in [2.75, 3.05) is 7.05 Å². The molecule has 1 unspecified atom stereocenters. The molecule has 0 fully saturated rings. The number of imide groups is 1. The molecule has 3 amide bonds. The molecule has 0 spiro atoms. The Labute approximate surface area is 110 Å². The average molecular weight is 269 g/mol. The number of hydrogen-bond acceptors (Lipinski definition) is 4. The summed E-state index contributed by atoms with van der Waals surface area (Å²) in [7, 11) is 1.71. The Bertz CT molecular complexity index is 479. The minimum Gasteiger partial charge on any atom is -0.481 e. The van der Waals surface area contributed by atoms with Gasteiger partial charge in [-0.3, -0.25) is 10.1 Å². The minimum atomic E-state index is -0.949. The van der Waals surface area contributed by atoms with Gasteiger partial charge in [-0.25, -0.2) is 9.18 Å². The molecule has 0 heterocycles. The standard InChI is InChI=1S/C12H16FN3O3/c1-7(11(17)16-12(14)18)19-10-4-3-9(13)5-8(10)6-15-2/h3-5,7,15H,6H2,1-2H3,(H3,14,16,17,18). The molecule has 0 aliphatic carbocycles. The van der Waals surface area contributed by atoms with E-state index in [9.17, 15) is 14.0 Å². The maximum atomic E-state index is 13.1. The average Bonchev–Trinajstić information content (AvgIpc) is 2.32. The summed E-state index contributed by atoms with van der Waals surface area (Å²) in [6, 6.07) is 3.02. The monoisotopic (exact) mass is 269 g/mol. The molecule has 4 N–H and O–H groups in total. The van der Waals surface area contributed by atoms with Gasteiger partial charge in [0.2, 0.25) is 0 Å². The lowest BCUT2D eigenvalue weighted by atomic mass is 10.2. The van der Waals surface area contributed by atoms with Crippen molar-refractivity contribution in [2.24, 2.45) is 5.73 Å². The van der Waals surface area contributed by atoms with Gasteiger partial charge in [-0.15, -0.1) is 0 Å². The lowest BCUT2D eigenvalue weighted by Crippen LogP contribution is -2.42. The molecule has 19 heavy (non-hydrogen) atoms. The highest BCUT2D eigenvalue weighted by atomic mass is 19.1. The van der Waals surface area contributed by atoms with E-state index in [2.05, 4.69) is 5.32 Å².